The van der Waals surface area contributed by atoms with Crippen LogP contribution in [0.5, 0.6) is 0 Å². The van der Waals surface area contributed by atoms with Gasteiger partial charge in [-0.25, -0.2) is 4.98 Å². The van der Waals surface area contributed by atoms with Crippen LogP contribution in [0.25, 0.3) is 0 Å². The molecule has 0 aliphatic heterocycles. The maximum atomic E-state index is 6.15. The Morgan fingerprint density at radius 1 is 1.53 bits per heavy atom. The standard InChI is InChI=1S/C14H18N4S/c1-18(9-10-4-3-7-16-8-10)14-17-12-6-2-5-11(15)13(12)19-14/h3-4,7-8,11H,2,5-6,9,15H2,1H3. The summed E-state index contributed by atoms with van der Waals surface area (Å²) in [6.45, 7) is 0.829. The number of aromatic nitrogens is 2. The average Bonchev–Trinajstić information content (AvgIpc) is 2.85. The second-order valence-electron chi connectivity index (χ2n) is 5.02. The molecule has 1 unspecified atom stereocenters. The van der Waals surface area contributed by atoms with Gasteiger partial charge in [-0.15, -0.1) is 0 Å². The number of rotatable bonds is 3. The number of nitrogens with zero attached hydrogens (tertiary/aromatic N) is 3. The van der Waals surface area contributed by atoms with Gasteiger partial charge in [-0.05, 0) is 30.9 Å². The number of thiazole rings is 1. The van der Waals surface area contributed by atoms with Gasteiger partial charge in [-0.3, -0.25) is 4.98 Å². The van der Waals surface area contributed by atoms with Crippen molar-refractivity contribution < 1.29 is 0 Å². The second kappa shape index (κ2) is 5.27. The Balaban J connectivity index is 1.79. The van der Waals surface area contributed by atoms with Gasteiger partial charge >= 0.3 is 0 Å². The first-order chi connectivity index (χ1) is 9.24. The van der Waals surface area contributed by atoms with Crippen LogP contribution in [0, 0.1) is 0 Å². The summed E-state index contributed by atoms with van der Waals surface area (Å²) in [4.78, 5) is 12.3. The van der Waals surface area contributed by atoms with E-state index in [1.165, 1.54) is 16.1 Å². The number of aryl methyl sites for hydroxylation is 1. The topological polar surface area (TPSA) is 55.0 Å². The molecule has 2 heterocycles. The predicted molar refractivity (Wildman–Crippen MR) is 78.3 cm³/mol. The molecule has 1 aliphatic rings. The van der Waals surface area contributed by atoms with Crippen molar-refractivity contribution in [3.63, 3.8) is 0 Å². The normalized spacial score (nSPS) is 18.1. The van der Waals surface area contributed by atoms with Crippen molar-refractivity contribution >= 4 is 16.5 Å². The minimum absolute atomic E-state index is 0.182. The van der Waals surface area contributed by atoms with E-state index in [1.807, 2.05) is 12.3 Å². The van der Waals surface area contributed by atoms with Crippen LogP contribution in [-0.4, -0.2) is 17.0 Å². The number of hydrogen-bond donors (Lipinski definition) is 1. The van der Waals surface area contributed by atoms with Gasteiger partial charge in [0, 0.05) is 36.9 Å². The predicted octanol–water partition coefficient (Wildman–Crippen LogP) is 2.51. The van der Waals surface area contributed by atoms with Crippen LogP contribution in [0.15, 0.2) is 24.5 Å². The first kappa shape index (κ1) is 12.6. The summed E-state index contributed by atoms with van der Waals surface area (Å²) in [5.74, 6) is 0. The van der Waals surface area contributed by atoms with Crippen molar-refractivity contribution in [2.24, 2.45) is 5.73 Å². The average molecular weight is 274 g/mol. The lowest BCUT2D eigenvalue weighted by atomic mass is 9.99. The summed E-state index contributed by atoms with van der Waals surface area (Å²) in [6.07, 6.45) is 7.01. The van der Waals surface area contributed by atoms with Gasteiger partial charge in [0.05, 0.1) is 5.69 Å². The molecule has 0 saturated heterocycles. The molecule has 2 N–H and O–H groups in total. The summed E-state index contributed by atoms with van der Waals surface area (Å²) in [5.41, 5.74) is 8.56. The zero-order valence-corrected chi connectivity index (χ0v) is 11.9. The number of hydrogen-bond acceptors (Lipinski definition) is 5. The SMILES string of the molecule is CN(Cc1cccnc1)c1nc2c(s1)C(N)CCC2. The van der Waals surface area contributed by atoms with E-state index < -0.39 is 0 Å². The van der Waals surface area contributed by atoms with Crippen LogP contribution in [0.3, 0.4) is 0 Å². The van der Waals surface area contributed by atoms with E-state index in [2.05, 4.69) is 23.0 Å². The molecule has 0 bridgehead atoms. The van der Waals surface area contributed by atoms with Gasteiger partial charge in [0.2, 0.25) is 0 Å². The smallest absolute Gasteiger partial charge is 0.185 e. The highest BCUT2D eigenvalue weighted by molar-refractivity contribution is 7.15. The summed E-state index contributed by atoms with van der Waals surface area (Å²) >= 11 is 1.74. The maximum absolute atomic E-state index is 6.15. The fourth-order valence-corrected chi connectivity index (χ4v) is 3.54. The molecule has 0 aromatic carbocycles. The maximum Gasteiger partial charge on any atom is 0.185 e. The first-order valence-electron chi connectivity index (χ1n) is 6.59. The molecule has 0 spiro atoms. The van der Waals surface area contributed by atoms with Crippen LogP contribution in [-0.2, 0) is 13.0 Å². The Kier molecular flexibility index (Phi) is 3.48. The summed E-state index contributed by atoms with van der Waals surface area (Å²) in [5, 5.41) is 1.06. The minimum Gasteiger partial charge on any atom is -0.347 e. The number of pyridine rings is 1. The number of fused-ring (bicyclic) bond motifs is 1. The van der Waals surface area contributed by atoms with Gasteiger partial charge in [-0.1, -0.05) is 17.4 Å². The highest BCUT2D eigenvalue weighted by Crippen LogP contribution is 2.36. The van der Waals surface area contributed by atoms with Crippen molar-refractivity contribution in [2.75, 3.05) is 11.9 Å². The third kappa shape index (κ3) is 2.62. The Morgan fingerprint density at radius 3 is 3.16 bits per heavy atom. The van der Waals surface area contributed by atoms with E-state index in [9.17, 15) is 0 Å². The lowest BCUT2D eigenvalue weighted by Crippen LogP contribution is -2.16. The number of nitrogens with two attached hydrogens (primary N) is 1. The van der Waals surface area contributed by atoms with Gasteiger partial charge in [-0.2, -0.15) is 0 Å². The van der Waals surface area contributed by atoms with Crippen molar-refractivity contribution in [3.8, 4) is 0 Å². The summed E-state index contributed by atoms with van der Waals surface area (Å²) < 4.78 is 0. The second-order valence-corrected chi connectivity index (χ2v) is 6.03. The summed E-state index contributed by atoms with van der Waals surface area (Å²) in [6, 6.07) is 4.23. The molecule has 1 aliphatic carbocycles. The van der Waals surface area contributed by atoms with Crippen LogP contribution < -0.4 is 10.6 Å². The van der Waals surface area contributed by atoms with E-state index in [4.69, 9.17) is 10.7 Å². The first-order valence-corrected chi connectivity index (χ1v) is 7.41. The van der Waals surface area contributed by atoms with E-state index in [0.29, 0.717) is 0 Å². The highest BCUT2D eigenvalue weighted by atomic mass is 32.1. The van der Waals surface area contributed by atoms with E-state index in [-0.39, 0.29) is 6.04 Å². The molecule has 5 heteroatoms. The van der Waals surface area contributed by atoms with Crippen LogP contribution in [0.1, 0.15) is 35.0 Å². The molecule has 0 amide bonds. The van der Waals surface area contributed by atoms with E-state index in [1.54, 1.807) is 17.5 Å². The van der Waals surface area contributed by atoms with Crippen molar-refractivity contribution in [2.45, 2.75) is 31.8 Å². The van der Waals surface area contributed by atoms with E-state index >= 15 is 0 Å². The fraction of sp³-hybridized carbons (Fsp3) is 0.429. The molecular weight excluding hydrogens is 256 g/mol. The number of anilines is 1. The molecule has 19 heavy (non-hydrogen) atoms. The lowest BCUT2D eigenvalue weighted by molar-refractivity contribution is 0.573. The minimum atomic E-state index is 0.182. The van der Waals surface area contributed by atoms with Gasteiger partial charge in [0.25, 0.3) is 0 Å². The zero-order valence-electron chi connectivity index (χ0n) is 11.0. The zero-order chi connectivity index (χ0) is 13.2. The molecule has 4 nitrogen and oxygen atoms in total. The lowest BCUT2D eigenvalue weighted by Gasteiger charge is -2.15. The molecule has 0 saturated carbocycles. The Labute approximate surface area is 117 Å². The Bertz CT molecular complexity index is 552. The molecule has 0 fully saturated rings. The van der Waals surface area contributed by atoms with Gasteiger partial charge < -0.3 is 10.6 Å². The third-order valence-electron chi connectivity index (χ3n) is 3.45. The largest absolute Gasteiger partial charge is 0.347 e. The Morgan fingerprint density at radius 2 is 2.42 bits per heavy atom. The quantitative estimate of drug-likeness (QED) is 0.934. The molecular formula is C14H18N4S. The molecule has 2 aromatic heterocycles. The van der Waals surface area contributed by atoms with Crippen molar-refractivity contribution in [1.29, 1.82) is 0 Å². The van der Waals surface area contributed by atoms with Gasteiger partial charge in [0.1, 0.15) is 0 Å². The highest BCUT2D eigenvalue weighted by Gasteiger charge is 2.22. The van der Waals surface area contributed by atoms with Crippen LogP contribution in [0.2, 0.25) is 0 Å². The van der Waals surface area contributed by atoms with Crippen molar-refractivity contribution in [1.82, 2.24) is 9.97 Å². The molecule has 1 atom stereocenters. The molecule has 3 rings (SSSR count). The van der Waals surface area contributed by atoms with Crippen LogP contribution >= 0.6 is 11.3 Å². The van der Waals surface area contributed by atoms with Crippen molar-refractivity contribution in [3.05, 3.63) is 40.7 Å². The molecule has 100 valence electrons. The third-order valence-corrected chi connectivity index (χ3v) is 4.79. The fourth-order valence-electron chi connectivity index (χ4n) is 2.44. The van der Waals surface area contributed by atoms with Gasteiger partial charge in [0.15, 0.2) is 5.13 Å². The Hall–Kier alpha value is -1.46. The molecule has 2 aromatic rings. The van der Waals surface area contributed by atoms with Crippen LogP contribution in [0.4, 0.5) is 5.13 Å². The monoisotopic (exact) mass is 274 g/mol. The summed E-state index contributed by atoms with van der Waals surface area (Å²) in [7, 11) is 2.07. The molecule has 0 radical (unpaired) electrons. The van der Waals surface area contributed by atoms with E-state index in [0.717, 1.165) is 30.9 Å².